The number of nitrogens with zero attached hydrogens (tertiary/aromatic N) is 5. The molecule has 73 heavy (non-hydrogen) atoms. The SMILES string of the molecule is CC(NC(=O)OC(C)(C)C)C(=O)c1cccnc1.Cc1nc(C(C)(C)N2CCN(C[C@@H](O)C[C@@H](Cc3ccccc3)C(=O)N[C@H]3c4ccccc4OC[C@H]3O)[C@H](C(=O)NCC(F)(F)F)C2)oc1-c1cccnc1. The van der Waals surface area contributed by atoms with Crippen molar-refractivity contribution in [3.05, 3.63) is 132 Å². The summed E-state index contributed by atoms with van der Waals surface area (Å²) in [5, 5.41) is 29.9. The van der Waals surface area contributed by atoms with Gasteiger partial charge in [0.05, 0.1) is 29.4 Å². The summed E-state index contributed by atoms with van der Waals surface area (Å²) in [5.41, 5.74) is 1.88. The van der Waals surface area contributed by atoms with E-state index in [2.05, 4.69) is 25.6 Å². The maximum Gasteiger partial charge on any atom is 0.408 e. The second-order valence-electron chi connectivity index (χ2n) is 19.7. The Hall–Kier alpha value is -6.74. The number of aryl methyl sites for hydroxylation is 1. The highest BCUT2D eigenvalue weighted by molar-refractivity contribution is 6.01. The number of amides is 3. The lowest BCUT2D eigenvalue weighted by molar-refractivity contribution is -0.144. The first-order chi connectivity index (χ1) is 34.5. The lowest BCUT2D eigenvalue weighted by Crippen LogP contribution is -2.63. The summed E-state index contributed by atoms with van der Waals surface area (Å²) in [5.74, 6) is -0.701. The number of pyridine rings is 2. The molecule has 3 aromatic heterocycles. The molecule has 2 aromatic carbocycles. The zero-order valence-corrected chi connectivity index (χ0v) is 42.1. The number of fused-ring (bicyclic) bond motifs is 1. The number of oxazole rings is 1. The van der Waals surface area contributed by atoms with Crippen LogP contribution in [0.15, 0.2) is 108 Å². The molecule has 0 saturated carbocycles. The van der Waals surface area contributed by atoms with Crippen LogP contribution in [0.1, 0.15) is 87.1 Å². The number of aliphatic hydroxyl groups excluding tert-OH is 2. The number of alkyl carbamates (subject to hydrolysis) is 1. The fourth-order valence-corrected chi connectivity index (χ4v) is 8.62. The molecule has 3 amide bonds. The molecule has 1 fully saturated rings. The third-order valence-corrected chi connectivity index (χ3v) is 12.4. The van der Waals surface area contributed by atoms with Crippen molar-refractivity contribution < 1.29 is 56.5 Å². The summed E-state index contributed by atoms with van der Waals surface area (Å²) < 4.78 is 56.8. The van der Waals surface area contributed by atoms with Gasteiger partial charge in [0.2, 0.25) is 17.7 Å². The van der Waals surface area contributed by atoms with Gasteiger partial charge in [-0.05, 0) is 97.2 Å². The highest BCUT2D eigenvalue weighted by Gasteiger charge is 2.43. The van der Waals surface area contributed by atoms with E-state index in [1.165, 1.54) is 6.20 Å². The number of β-amino-alcohol motifs (C(OH)–C–C–N with tert-alkyl or cyclic N) is 1. The summed E-state index contributed by atoms with van der Waals surface area (Å²) in [7, 11) is 0. The zero-order valence-electron chi connectivity index (χ0n) is 42.1. The Kier molecular flexibility index (Phi) is 18.5. The normalized spacial score (nSPS) is 18.6. The van der Waals surface area contributed by atoms with Crippen molar-refractivity contribution in [2.45, 2.75) is 109 Å². The molecule has 0 bridgehead atoms. The van der Waals surface area contributed by atoms with Gasteiger partial charge in [0.15, 0.2) is 11.5 Å². The fourth-order valence-electron chi connectivity index (χ4n) is 8.62. The number of aliphatic hydroxyl groups is 2. The number of alkyl halides is 3. The van der Waals surface area contributed by atoms with Crippen LogP contribution in [0.25, 0.3) is 11.3 Å². The van der Waals surface area contributed by atoms with Gasteiger partial charge in [0.1, 0.15) is 36.6 Å². The van der Waals surface area contributed by atoms with E-state index >= 15 is 0 Å². The number of piperazine rings is 1. The van der Waals surface area contributed by atoms with Crippen LogP contribution in [0, 0.1) is 12.8 Å². The Morgan fingerprint density at radius 3 is 2.25 bits per heavy atom. The molecule has 392 valence electrons. The number of para-hydroxylation sites is 1. The van der Waals surface area contributed by atoms with Crippen molar-refractivity contribution >= 4 is 23.7 Å². The van der Waals surface area contributed by atoms with E-state index in [-0.39, 0.29) is 50.8 Å². The highest BCUT2D eigenvalue weighted by atomic mass is 19.4. The van der Waals surface area contributed by atoms with Gasteiger partial charge in [-0.2, -0.15) is 13.2 Å². The molecular formula is C53H65F3N8O9. The summed E-state index contributed by atoms with van der Waals surface area (Å²) in [6, 6.07) is 20.9. The molecule has 2 aliphatic rings. The smallest absolute Gasteiger partial charge is 0.408 e. The highest BCUT2D eigenvalue weighted by Crippen LogP contribution is 2.35. The van der Waals surface area contributed by atoms with Gasteiger partial charge in [-0.3, -0.25) is 34.2 Å². The number of carbonyl (C=O) groups is 4. The van der Waals surface area contributed by atoms with Gasteiger partial charge in [-0.15, -0.1) is 0 Å². The Morgan fingerprint density at radius 2 is 1.59 bits per heavy atom. The van der Waals surface area contributed by atoms with Crippen molar-refractivity contribution in [2.75, 3.05) is 39.3 Å². The number of benzene rings is 2. The molecule has 0 radical (unpaired) electrons. The van der Waals surface area contributed by atoms with Crippen molar-refractivity contribution in [3.8, 4) is 17.1 Å². The summed E-state index contributed by atoms with van der Waals surface area (Å²) >= 11 is 0. The average molecular weight is 1020 g/mol. The molecule has 2 aliphatic heterocycles. The number of ether oxygens (including phenoxy) is 2. The second-order valence-corrected chi connectivity index (χ2v) is 19.7. The molecule has 20 heteroatoms. The minimum atomic E-state index is -4.62. The molecule has 5 heterocycles. The van der Waals surface area contributed by atoms with Crippen LogP contribution in [-0.4, -0.2) is 134 Å². The minimum absolute atomic E-state index is 0.00419. The van der Waals surface area contributed by atoms with Crippen LogP contribution < -0.4 is 20.7 Å². The number of hydrogen-bond acceptors (Lipinski definition) is 14. The van der Waals surface area contributed by atoms with E-state index < -0.39 is 72.1 Å². The third-order valence-electron chi connectivity index (χ3n) is 12.4. The summed E-state index contributed by atoms with van der Waals surface area (Å²) in [6.45, 7) is 11.5. The van der Waals surface area contributed by atoms with Gasteiger partial charge in [0, 0.05) is 73.6 Å². The number of nitrogens with one attached hydrogen (secondary N) is 3. The number of Topliss-reactive ketones (excluding diaryl/α,β-unsaturated/α-hetero) is 1. The topological polar surface area (TPSA) is 222 Å². The predicted octanol–water partition coefficient (Wildman–Crippen LogP) is 6.34. The minimum Gasteiger partial charge on any atom is -0.490 e. The molecule has 17 nitrogen and oxygen atoms in total. The number of halogens is 3. The van der Waals surface area contributed by atoms with Crippen LogP contribution in [0.3, 0.4) is 0 Å². The Labute approximate surface area is 422 Å². The summed E-state index contributed by atoms with van der Waals surface area (Å²) in [6.07, 6.45) is -0.739. The Morgan fingerprint density at radius 1 is 0.904 bits per heavy atom. The first-order valence-corrected chi connectivity index (χ1v) is 24.1. The van der Waals surface area contributed by atoms with Crippen LogP contribution in [0.4, 0.5) is 18.0 Å². The molecule has 0 aliphatic carbocycles. The molecule has 5 aromatic rings. The van der Waals surface area contributed by atoms with Crippen LogP contribution in [0.5, 0.6) is 5.75 Å². The van der Waals surface area contributed by atoms with Gasteiger partial charge in [-0.25, -0.2) is 9.78 Å². The van der Waals surface area contributed by atoms with Gasteiger partial charge in [0.25, 0.3) is 0 Å². The number of hydrogen-bond donors (Lipinski definition) is 5. The molecule has 6 atom stereocenters. The summed E-state index contributed by atoms with van der Waals surface area (Å²) in [4.78, 5) is 67.2. The van der Waals surface area contributed by atoms with Crippen molar-refractivity contribution in [1.29, 1.82) is 0 Å². The van der Waals surface area contributed by atoms with E-state index in [1.807, 2.05) is 67.4 Å². The monoisotopic (exact) mass is 1010 g/mol. The molecular weight excluding hydrogens is 950 g/mol. The first kappa shape index (κ1) is 55.6. The predicted molar refractivity (Wildman–Crippen MR) is 264 cm³/mol. The Balaban J connectivity index is 0.000000408. The lowest BCUT2D eigenvalue weighted by Gasteiger charge is -2.46. The van der Waals surface area contributed by atoms with Gasteiger partial charge < -0.3 is 40.1 Å². The maximum atomic E-state index is 14.0. The number of ketones is 1. The van der Waals surface area contributed by atoms with Crippen molar-refractivity contribution in [2.24, 2.45) is 5.92 Å². The van der Waals surface area contributed by atoms with Crippen LogP contribution in [0.2, 0.25) is 0 Å². The van der Waals surface area contributed by atoms with Gasteiger partial charge in [-0.1, -0.05) is 48.5 Å². The van der Waals surface area contributed by atoms with E-state index in [4.69, 9.17) is 13.9 Å². The van der Waals surface area contributed by atoms with Crippen molar-refractivity contribution in [1.82, 2.24) is 40.7 Å². The third kappa shape index (κ3) is 15.6. The average Bonchev–Trinajstić information content (AvgIpc) is 3.76. The quantitative estimate of drug-likeness (QED) is 0.0681. The number of carbonyl (C=O) groups excluding carboxylic acids is 4. The largest absolute Gasteiger partial charge is 0.490 e. The van der Waals surface area contributed by atoms with Crippen LogP contribution in [-0.2, 0) is 26.3 Å². The zero-order chi connectivity index (χ0) is 53.1. The van der Waals surface area contributed by atoms with E-state index in [9.17, 15) is 42.6 Å². The fraction of sp³-hybridized carbons (Fsp3) is 0.453. The number of aromatic nitrogens is 3. The van der Waals surface area contributed by atoms with E-state index in [0.717, 1.165) is 11.1 Å². The van der Waals surface area contributed by atoms with Crippen molar-refractivity contribution in [3.63, 3.8) is 0 Å². The molecule has 0 spiro atoms. The Bertz CT molecular complexity index is 2620. The molecule has 1 unspecified atom stereocenters. The van der Waals surface area contributed by atoms with Crippen LogP contribution >= 0.6 is 0 Å². The lowest BCUT2D eigenvalue weighted by atomic mass is 9.90. The second kappa shape index (κ2) is 24.3. The molecule has 5 N–H and O–H groups in total. The molecule has 1 saturated heterocycles. The van der Waals surface area contributed by atoms with Gasteiger partial charge >= 0.3 is 12.3 Å². The van der Waals surface area contributed by atoms with E-state index in [0.29, 0.717) is 40.8 Å². The van der Waals surface area contributed by atoms with E-state index in [1.54, 1.807) is 93.6 Å². The standard InChI is InChI=1S/C40H47F3N6O6.C13H18N2O3/c1-25-35(27-12-9-15-44-20-27)55-38(46-25)39(2,3)49-17-16-48(31(22-49)37(53)45-24-40(41,42)43)21-29(50)19-28(18-26-10-5-4-6-11-26)36(52)47-34-30-13-7-8-14-33(30)54-23-32(34)51;1-9(15-12(17)18-13(2,3)4)11(16)10-6-5-7-14-8-10/h4-15,20,28-29,31-32,34,50-51H,16-19,21-24H2,1-3H3,(H,45,53)(H,47,52);5-9H,1-4H3,(H,15,17)/t28-,29+,31+,32-,34+;/m1./s1. The number of rotatable bonds is 16. The first-order valence-electron chi connectivity index (χ1n) is 24.1. The molecule has 7 rings (SSSR count). The maximum absolute atomic E-state index is 14.0.